The van der Waals surface area contributed by atoms with Gasteiger partial charge >= 0.3 is 0 Å². The summed E-state index contributed by atoms with van der Waals surface area (Å²) < 4.78 is 24.6. The number of ether oxygens (including phenoxy) is 2. The standard InChI is InChI=1S/C15H23BrFNO2/c1-3-7-18-13(11-20-9-8-19-2)10-12-5-4-6-14(17)15(12)16/h4-6,13,18H,3,7-11H2,1-2H3. The average molecular weight is 348 g/mol. The van der Waals surface area contributed by atoms with E-state index >= 15 is 0 Å². The van der Waals surface area contributed by atoms with Crippen LogP contribution in [-0.2, 0) is 15.9 Å². The van der Waals surface area contributed by atoms with Gasteiger partial charge in [-0.15, -0.1) is 0 Å². The number of hydrogen-bond donors (Lipinski definition) is 1. The molecule has 1 N–H and O–H groups in total. The zero-order valence-corrected chi connectivity index (χ0v) is 13.7. The smallest absolute Gasteiger partial charge is 0.137 e. The van der Waals surface area contributed by atoms with Crippen LogP contribution in [0.15, 0.2) is 22.7 Å². The Morgan fingerprint density at radius 2 is 2.15 bits per heavy atom. The summed E-state index contributed by atoms with van der Waals surface area (Å²) in [6, 6.07) is 5.29. The molecular formula is C15H23BrFNO2. The molecule has 114 valence electrons. The van der Waals surface area contributed by atoms with Crippen LogP contribution >= 0.6 is 15.9 Å². The van der Waals surface area contributed by atoms with E-state index in [-0.39, 0.29) is 11.9 Å². The molecule has 0 saturated carbocycles. The molecular weight excluding hydrogens is 325 g/mol. The highest BCUT2D eigenvalue weighted by atomic mass is 79.9. The third-order valence-corrected chi connectivity index (χ3v) is 3.82. The van der Waals surface area contributed by atoms with Gasteiger partial charge in [0.1, 0.15) is 5.82 Å². The van der Waals surface area contributed by atoms with Crippen LogP contribution in [0.3, 0.4) is 0 Å². The summed E-state index contributed by atoms with van der Waals surface area (Å²) in [5, 5.41) is 3.43. The van der Waals surface area contributed by atoms with Gasteiger partial charge in [0, 0.05) is 13.2 Å². The normalized spacial score (nSPS) is 12.6. The number of hydrogen-bond acceptors (Lipinski definition) is 3. The number of nitrogens with one attached hydrogen (secondary N) is 1. The predicted molar refractivity (Wildman–Crippen MR) is 82.6 cm³/mol. The minimum atomic E-state index is -0.225. The molecule has 1 unspecified atom stereocenters. The topological polar surface area (TPSA) is 30.5 Å². The Kier molecular flexibility index (Phi) is 9.02. The molecule has 0 spiro atoms. The minimum absolute atomic E-state index is 0.171. The SMILES string of the molecule is CCCNC(COCCOC)Cc1cccc(F)c1Br. The van der Waals surface area contributed by atoms with Gasteiger partial charge in [0.05, 0.1) is 24.3 Å². The Hall–Kier alpha value is -0.490. The van der Waals surface area contributed by atoms with E-state index in [4.69, 9.17) is 9.47 Å². The summed E-state index contributed by atoms with van der Waals surface area (Å²) in [6.45, 7) is 4.79. The lowest BCUT2D eigenvalue weighted by Gasteiger charge is -2.19. The van der Waals surface area contributed by atoms with Crippen molar-refractivity contribution in [3.63, 3.8) is 0 Å². The van der Waals surface area contributed by atoms with Crippen molar-refractivity contribution in [2.45, 2.75) is 25.8 Å². The molecule has 0 radical (unpaired) electrons. The molecule has 1 aromatic carbocycles. The molecule has 5 heteroatoms. The highest BCUT2D eigenvalue weighted by molar-refractivity contribution is 9.10. The molecule has 1 aromatic rings. The zero-order chi connectivity index (χ0) is 14.8. The number of halogens is 2. The van der Waals surface area contributed by atoms with Crippen LogP contribution in [0.4, 0.5) is 4.39 Å². The fourth-order valence-corrected chi connectivity index (χ4v) is 2.30. The number of rotatable bonds is 10. The maximum absolute atomic E-state index is 13.5. The lowest BCUT2D eigenvalue weighted by Crippen LogP contribution is -2.36. The van der Waals surface area contributed by atoms with E-state index in [9.17, 15) is 4.39 Å². The molecule has 3 nitrogen and oxygen atoms in total. The van der Waals surface area contributed by atoms with E-state index < -0.39 is 0 Å². The molecule has 0 aliphatic carbocycles. The van der Waals surface area contributed by atoms with Crippen molar-refractivity contribution in [2.75, 3.05) is 33.5 Å². The second-order valence-corrected chi connectivity index (χ2v) is 5.43. The van der Waals surface area contributed by atoms with E-state index in [0.29, 0.717) is 24.3 Å². The molecule has 0 bridgehead atoms. The molecule has 20 heavy (non-hydrogen) atoms. The Morgan fingerprint density at radius 3 is 2.85 bits per heavy atom. The molecule has 0 heterocycles. The largest absolute Gasteiger partial charge is 0.382 e. The monoisotopic (exact) mass is 347 g/mol. The van der Waals surface area contributed by atoms with Crippen molar-refractivity contribution in [3.8, 4) is 0 Å². The minimum Gasteiger partial charge on any atom is -0.382 e. The molecule has 0 aliphatic rings. The van der Waals surface area contributed by atoms with Crippen molar-refractivity contribution < 1.29 is 13.9 Å². The highest BCUT2D eigenvalue weighted by Gasteiger charge is 2.13. The Bertz CT molecular complexity index is 390. The quantitative estimate of drug-likeness (QED) is 0.659. The summed E-state index contributed by atoms with van der Waals surface area (Å²) in [6.07, 6.45) is 1.78. The van der Waals surface area contributed by atoms with Gasteiger partial charge in [-0.25, -0.2) is 4.39 Å². The first-order valence-corrected chi connectivity index (χ1v) is 7.71. The lowest BCUT2D eigenvalue weighted by atomic mass is 10.1. The van der Waals surface area contributed by atoms with E-state index in [2.05, 4.69) is 28.2 Å². The van der Waals surface area contributed by atoms with Gasteiger partial charge in [0.25, 0.3) is 0 Å². The van der Waals surface area contributed by atoms with Gasteiger partial charge < -0.3 is 14.8 Å². The van der Waals surface area contributed by atoms with Crippen molar-refractivity contribution in [2.24, 2.45) is 0 Å². The molecule has 0 saturated heterocycles. The second kappa shape index (κ2) is 10.3. The molecule has 0 aromatic heterocycles. The predicted octanol–water partition coefficient (Wildman–Crippen LogP) is 3.16. The van der Waals surface area contributed by atoms with E-state index in [1.54, 1.807) is 13.2 Å². The van der Waals surface area contributed by atoms with Crippen molar-refractivity contribution >= 4 is 15.9 Å². The van der Waals surface area contributed by atoms with Crippen molar-refractivity contribution in [1.82, 2.24) is 5.32 Å². The first-order valence-electron chi connectivity index (χ1n) is 6.92. The third kappa shape index (κ3) is 6.31. The van der Waals surface area contributed by atoms with E-state index in [0.717, 1.165) is 24.9 Å². The number of methoxy groups -OCH3 is 1. The van der Waals surface area contributed by atoms with Gasteiger partial charge in [-0.05, 0) is 46.9 Å². The van der Waals surface area contributed by atoms with Gasteiger partial charge in [-0.1, -0.05) is 19.1 Å². The summed E-state index contributed by atoms with van der Waals surface area (Å²) in [5.41, 5.74) is 0.953. The fraction of sp³-hybridized carbons (Fsp3) is 0.600. The first kappa shape index (κ1) is 17.6. The van der Waals surface area contributed by atoms with Crippen LogP contribution in [0.25, 0.3) is 0 Å². The van der Waals surface area contributed by atoms with Gasteiger partial charge in [-0.3, -0.25) is 0 Å². The molecule has 0 amide bonds. The van der Waals surface area contributed by atoms with Crippen molar-refractivity contribution in [3.05, 3.63) is 34.1 Å². The Morgan fingerprint density at radius 1 is 1.35 bits per heavy atom. The Labute approximate surface area is 129 Å². The first-order chi connectivity index (χ1) is 9.69. The molecule has 0 fully saturated rings. The Balaban J connectivity index is 2.56. The maximum atomic E-state index is 13.5. The van der Waals surface area contributed by atoms with Crippen LogP contribution in [0, 0.1) is 5.82 Å². The van der Waals surface area contributed by atoms with Gasteiger partial charge in [0.2, 0.25) is 0 Å². The number of benzene rings is 1. The third-order valence-electron chi connectivity index (χ3n) is 2.93. The van der Waals surface area contributed by atoms with Crippen LogP contribution < -0.4 is 5.32 Å². The molecule has 0 aliphatic heterocycles. The summed E-state index contributed by atoms with van der Waals surface area (Å²) in [4.78, 5) is 0. The summed E-state index contributed by atoms with van der Waals surface area (Å²) >= 11 is 3.31. The highest BCUT2D eigenvalue weighted by Crippen LogP contribution is 2.21. The molecule has 1 rings (SSSR count). The molecule has 1 atom stereocenters. The van der Waals surface area contributed by atoms with Crippen LogP contribution in [0.1, 0.15) is 18.9 Å². The van der Waals surface area contributed by atoms with E-state index in [1.807, 2.05) is 6.07 Å². The second-order valence-electron chi connectivity index (χ2n) is 4.64. The summed E-state index contributed by atoms with van der Waals surface area (Å²) in [5.74, 6) is -0.225. The van der Waals surface area contributed by atoms with Crippen LogP contribution in [0.2, 0.25) is 0 Å². The average Bonchev–Trinajstić information content (AvgIpc) is 2.45. The zero-order valence-electron chi connectivity index (χ0n) is 12.1. The lowest BCUT2D eigenvalue weighted by molar-refractivity contribution is 0.0587. The van der Waals surface area contributed by atoms with Crippen molar-refractivity contribution in [1.29, 1.82) is 0 Å². The summed E-state index contributed by atoms with van der Waals surface area (Å²) in [7, 11) is 1.65. The van der Waals surface area contributed by atoms with Crippen LogP contribution in [-0.4, -0.2) is 39.5 Å². The maximum Gasteiger partial charge on any atom is 0.137 e. The fourth-order valence-electron chi connectivity index (χ4n) is 1.88. The van der Waals surface area contributed by atoms with Gasteiger partial charge in [-0.2, -0.15) is 0 Å². The van der Waals surface area contributed by atoms with Crippen LogP contribution in [0.5, 0.6) is 0 Å². The van der Waals surface area contributed by atoms with Gasteiger partial charge in [0.15, 0.2) is 0 Å². The van der Waals surface area contributed by atoms with E-state index in [1.165, 1.54) is 6.07 Å².